The molecule has 0 fully saturated rings. The summed E-state index contributed by atoms with van der Waals surface area (Å²) in [4.78, 5) is 25.1. The molecule has 0 saturated heterocycles. The van der Waals surface area contributed by atoms with Crippen LogP contribution in [0.3, 0.4) is 0 Å². The first-order valence-corrected chi connectivity index (χ1v) is 7.13. The number of aldehydes is 1. The van der Waals surface area contributed by atoms with Gasteiger partial charge in [-0.2, -0.15) is 0 Å². The Kier molecular flexibility index (Phi) is 4.50. The predicted octanol–water partition coefficient (Wildman–Crippen LogP) is 2.67. The fourth-order valence-corrected chi connectivity index (χ4v) is 2.33. The van der Waals surface area contributed by atoms with Crippen LogP contribution in [0, 0.1) is 5.92 Å². The normalized spacial score (nSPS) is 17.5. The Morgan fingerprint density at radius 3 is 2.71 bits per heavy atom. The molecule has 1 aromatic rings. The van der Waals surface area contributed by atoms with Crippen molar-refractivity contribution in [3.63, 3.8) is 0 Å². The minimum Gasteiger partial charge on any atom is -0.493 e. The highest BCUT2D eigenvalue weighted by Crippen LogP contribution is 2.42. The number of amides is 1. The Morgan fingerprint density at radius 1 is 1.43 bits per heavy atom. The van der Waals surface area contributed by atoms with E-state index >= 15 is 0 Å². The maximum absolute atomic E-state index is 12.4. The number of hydrogen-bond acceptors (Lipinski definition) is 4. The zero-order chi connectivity index (χ0) is 15.6. The molecule has 1 aliphatic rings. The molecule has 1 atom stereocenters. The van der Waals surface area contributed by atoms with Gasteiger partial charge in [0.2, 0.25) is 0 Å². The van der Waals surface area contributed by atoms with Crippen molar-refractivity contribution >= 4 is 17.9 Å². The van der Waals surface area contributed by atoms with Crippen LogP contribution in [-0.2, 0) is 4.79 Å². The lowest BCUT2D eigenvalue weighted by Crippen LogP contribution is -2.45. The quantitative estimate of drug-likeness (QED) is 0.783. The van der Waals surface area contributed by atoms with Crippen LogP contribution in [-0.4, -0.2) is 32.0 Å². The van der Waals surface area contributed by atoms with E-state index in [0.717, 1.165) is 12.7 Å². The van der Waals surface area contributed by atoms with Crippen LogP contribution in [0.2, 0.25) is 0 Å². The van der Waals surface area contributed by atoms with Gasteiger partial charge in [0.05, 0.1) is 12.8 Å². The van der Waals surface area contributed by atoms with Crippen molar-refractivity contribution in [1.29, 1.82) is 0 Å². The molecule has 5 nitrogen and oxygen atoms in total. The second kappa shape index (κ2) is 6.16. The van der Waals surface area contributed by atoms with Crippen molar-refractivity contribution in [1.82, 2.24) is 0 Å². The molecule has 2 rings (SSSR count). The summed E-state index contributed by atoms with van der Waals surface area (Å²) in [5.74, 6) is 1.39. The SMILES string of the molecule is COc1cc(C=O)cc2c1OC(C)C(=O)N2CCC(C)C. The fourth-order valence-electron chi connectivity index (χ4n) is 2.33. The van der Waals surface area contributed by atoms with Crippen molar-refractivity contribution in [2.45, 2.75) is 33.3 Å². The third kappa shape index (κ3) is 3.01. The topological polar surface area (TPSA) is 55.8 Å². The second-order valence-electron chi connectivity index (χ2n) is 5.62. The Bertz CT molecular complexity index is 553. The zero-order valence-corrected chi connectivity index (χ0v) is 12.9. The third-order valence-electron chi connectivity index (χ3n) is 3.54. The van der Waals surface area contributed by atoms with Crippen LogP contribution in [0.25, 0.3) is 0 Å². The molecule has 1 aliphatic heterocycles. The number of ether oxygens (including phenoxy) is 2. The number of methoxy groups -OCH3 is 1. The number of benzene rings is 1. The van der Waals surface area contributed by atoms with E-state index in [1.165, 1.54) is 7.11 Å². The van der Waals surface area contributed by atoms with Gasteiger partial charge in [-0.3, -0.25) is 9.59 Å². The molecule has 0 aliphatic carbocycles. The Balaban J connectivity index is 2.48. The molecule has 1 heterocycles. The van der Waals surface area contributed by atoms with Crippen LogP contribution in [0.5, 0.6) is 11.5 Å². The number of fused-ring (bicyclic) bond motifs is 1. The lowest BCUT2D eigenvalue weighted by atomic mass is 10.1. The van der Waals surface area contributed by atoms with Gasteiger partial charge < -0.3 is 14.4 Å². The van der Waals surface area contributed by atoms with Gasteiger partial charge in [0.25, 0.3) is 5.91 Å². The molecule has 0 bridgehead atoms. The zero-order valence-electron chi connectivity index (χ0n) is 12.9. The average molecular weight is 291 g/mol. The number of hydrogen-bond donors (Lipinski definition) is 0. The van der Waals surface area contributed by atoms with Crippen molar-refractivity contribution in [2.24, 2.45) is 5.92 Å². The minimum atomic E-state index is -0.555. The molecule has 1 unspecified atom stereocenters. The lowest BCUT2D eigenvalue weighted by Gasteiger charge is -2.34. The van der Waals surface area contributed by atoms with Gasteiger partial charge in [0, 0.05) is 12.1 Å². The molecular weight excluding hydrogens is 270 g/mol. The molecule has 0 radical (unpaired) electrons. The van der Waals surface area contributed by atoms with Gasteiger partial charge in [-0.25, -0.2) is 0 Å². The van der Waals surface area contributed by atoms with E-state index in [-0.39, 0.29) is 5.91 Å². The highest BCUT2D eigenvalue weighted by molar-refractivity contribution is 6.01. The molecule has 0 spiro atoms. The van der Waals surface area contributed by atoms with Crippen molar-refractivity contribution in [3.05, 3.63) is 17.7 Å². The second-order valence-corrected chi connectivity index (χ2v) is 5.62. The van der Waals surface area contributed by atoms with E-state index in [2.05, 4.69) is 13.8 Å². The highest BCUT2D eigenvalue weighted by Gasteiger charge is 2.33. The number of rotatable bonds is 5. The molecule has 0 saturated carbocycles. The van der Waals surface area contributed by atoms with Gasteiger partial charge in [0.15, 0.2) is 17.6 Å². The van der Waals surface area contributed by atoms with Crippen LogP contribution >= 0.6 is 0 Å². The summed E-state index contributed by atoms with van der Waals surface area (Å²) in [5, 5.41) is 0. The number of anilines is 1. The molecule has 114 valence electrons. The lowest BCUT2D eigenvalue weighted by molar-refractivity contribution is -0.125. The molecule has 5 heteroatoms. The summed E-state index contributed by atoms with van der Waals surface area (Å²) in [6, 6.07) is 3.30. The standard InChI is InChI=1S/C16H21NO4/c1-10(2)5-6-17-13-7-12(9-18)8-14(20-4)15(13)21-11(3)16(17)19/h7-11H,5-6H2,1-4H3. The Hall–Kier alpha value is -2.04. The summed E-state index contributed by atoms with van der Waals surface area (Å²) in [6.07, 6.45) is 1.07. The minimum absolute atomic E-state index is 0.0896. The average Bonchev–Trinajstić information content (AvgIpc) is 2.46. The molecule has 0 N–H and O–H groups in total. The summed E-state index contributed by atoms with van der Waals surface area (Å²) in [5.41, 5.74) is 1.08. The highest BCUT2D eigenvalue weighted by atomic mass is 16.5. The monoisotopic (exact) mass is 291 g/mol. The summed E-state index contributed by atoms with van der Waals surface area (Å²) in [7, 11) is 1.52. The smallest absolute Gasteiger partial charge is 0.267 e. The summed E-state index contributed by atoms with van der Waals surface area (Å²) < 4.78 is 11.0. The number of carbonyl (C=O) groups excluding carboxylic acids is 2. The van der Waals surface area contributed by atoms with Crippen molar-refractivity contribution in [2.75, 3.05) is 18.6 Å². The van der Waals surface area contributed by atoms with E-state index in [1.54, 1.807) is 24.0 Å². The van der Waals surface area contributed by atoms with E-state index in [0.29, 0.717) is 35.2 Å². The van der Waals surface area contributed by atoms with Crippen LogP contribution in [0.15, 0.2) is 12.1 Å². The first-order valence-electron chi connectivity index (χ1n) is 7.13. The summed E-state index contributed by atoms with van der Waals surface area (Å²) in [6.45, 7) is 6.54. The van der Waals surface area contributed by atoms with E-state index in [9.17, 15) is 9.59 Å². The largest absolute Gasteiger partial charge is 0.493 e. The maximum atomic E-state index is 12.4. The molecule has 1 amide bonds. The molecule has 0 aromatic heterocycles. The summed E-state index contributed by atoms with van der Waals surface area (Å²) >= 11 is 0. The molecule has 1 aromatic carbocycles. The first kappa shape index (κ1) is 15.4. The number of carbonyl (C=O) groups is 2. The van der Waals surface area contributed by atoms with Crippen molar-refractivity contribution in [3.8, 4) is 11.5 Å². The van der Waals surface area contributed by atoms with Crippen LogP contribution in [0.1, 0.15) is 37.6 Å². The van der Waals surface area contributed by atoms with Gasteiger partial charge in [-0.05, 0) is 31.4 Å². The van der Waals surface area contributed by atoms with E-state index < -0.39 is 6.10 Å². The third-order valence-corrected chi connectivity index (χ3v) is 3.54. The first-order chi connectivity index (χ1) is 9.97. The Labute approximate surface area is 124 Å². The molecule has 21 heavy (non-hydrogen) atoms. The Morgan fingerprint density at radius 2 is 2.14 bits per heavy atom. The van der Waals surface area contributed by atoms with Crippen LogP contribution in [0.4, 0.5) is 5.69 Å². The van der Waals surface area contributed by atoms with Gasteiger partial charge in [-0.15, -0.1) is 0 Å². The van der Waals surface area contributed by atoms with Crippen molar-refractivity contribution < 1.29 is 19.1 Å². The van der Waals surface area contributed by atoms with Crippen LogP contribution < -0.4 is 14.4 Å². The van der Waals surface area contributed by atoms with Gasteiger partial charge >= 0.3 is 0 Å². The van der Waals surface area contributed by atoms with Gasteiger partial charge in [0.1, 0.15) is 6.29 Å². The van der Waals surface area contributed by atoms with E-state index in [1.807, 2.05) is 0 Å². The van der Waals surface area contributed by atoms with E-state index in [4.69, 9.17) is 9.47 Å². The van der Waals surface area contributed by atoms with Gasteiger partial charge in [-0.1, -0.05) is 13.8 Å². The predicted molar refractivity (Wildman–Crippen MR) is 80.3 cm³/mol. The molecular formula is C16H21NO4. The fraction of sp³-hybridized carbons (Fsp3) is 0.500. The maximum Gasteiger partial charge on any atom is 0.267 e. The number of nitrogens with zero attached hydrogens (tertiary/aromatic N) is 1.